The summed E-state index contributed by atoms with van der Waals surface area (Å²) in [5.41, 5.74) is 8.28. The number of hydrogen-bond donors (Lipinski definition) is 4. The fraction of sp³-hybridized carbons (Fsp3) is 0.381. The van der Waals surface area contributed by atoms with Crippen molar-refractivity contribution in [3.8, 4) is 5.75 Å². The number of anilines is 1. The summed E-state index contributed by atoms with van der Waals surface area (Å²) in [5, 5.41) is 24.1. The summed E-state index contributed by atoms with van der Waals surface area (Å²) >= 11 is 0. The lowest BCUT2D eigenvalue weighted by molar-refractivity contribution is -0.143. The molecule has 6 heteroatoms. The van der Waals surface area contributed by atoms with E-state index in [0.29, 0.717) is 25.1 Å². The van der Waals surface area contributed by atoms with Gasteiger partial charge < -0.3 is 15.6 Å². The molecule has 0 fully saturated rings. The molecule has 0 heterocycles. The zero-order chi connectivity index (χ0) is 20.6. The molecule has 6 nitrogen and oxygen atoms in total. The van der Waals surface area contributed by atoms with E-state index < -0.39 is 0 Å². The number of esters is 1. The number of nitrogens with one attached hydrogen (secondary N) is 2. The van der Waals surface area contributed by atoms with Crippen LogP contribution in [0.2, 0.25) is 0 Å². The van der Waals surface area contributed by atoms with Crippen molar-refractivity contribution < 1.29 is 14.6 Å². The molecule has 1 aromatic rings. The maximum atomic E-state index is 11.3. The van der Waals surface area contributed by atoms with Gasteiger partial charge in [-0.25, -0.2) is 0 Å². The molecule has 27 heavy (non-hydrogen) atoms. The number of carbonyl (C=O) groups is 1. The van der Waals surface area contributed by atoms with Crippen molar-refractivity contribution in [3.63, 3.8) is 0 Å². The van der Waals surface area contributed by atoms with Crippen LogP contribution in [0.3, 0.4) is 0 Å². The zero-order valence-corrected chi connectivity index (χ0v) is 16.4. The van der Waals surface area contributed by atoms with E-state index in [0.717, 1.165) is 11.1 Å². The first-order valence-corrected chi connectivity index (χ1v) is 8.86. The molecule has 1 aromatic carbocycles. The summed E-state index contributed by atoms with van der Waals surface area (Å²) in [6, 6.07) is 3.62. The Morgan fingerprint density at radius 3 is 2.15 bits per heavy atom. The maximum Gasteiger partial charge on any atom is 0.306 e. The number of aromatic hydroxyl groups is 1. The molecule has 1 aliphatic carbocycles. The number of ether oxygens (including phenoxy) is 1. The second-order valence-corrected chi connectivity index (χ2v) is 7.18. The smallest absolute Gasteiger partial charge is 0.306 e. The molecular weight excluding hydrogens is 342 g/mol. The van der Waals surface area contributed by atoms with Crippen LogP contribution in [0.4, 0.5) is 5.69 Å². The second-order valence-electron chi connectivity index (χ2n) is 7.18. The van der Waals surface area contributed by atoms with Crippen molar-refractivity contribution in [1.82, 2.24) is 0 Å². The molecule has 0 aromatic heterocycles. The molecule has 5 N–H and O–H groups in total. The van der Waals surface area contributed by atoms with Crippen molar-refractivity contribution in [1.29, 1.82) is 10.8 Å². The quantitative estimate of drug-likeness (QED) is 0.277. The highest BCUT2D eigenvalue weighted by molar-refractivity contribution is 6.48. The van der Waals surface area contributed by atoms with Gasteiger partial charge in [-0.1, -0.05) is 39.0 Å². The third-order valence-corrected chi connectivity index (χ3v) is 3.86. The number of rotatable bonds is 4. The number of aryl methyl sites for hydroxylation is 1. The average molecular weight is 371 g/mol. The molecule has 0 atom stereocenters. The van der Waals surface area contributed by atoms with Gasteiger partial charge in [-0.15, -0.1) is 0 Å². The Bertz CT molecular complexity index is 750. The Morgan fingerprint density at radius 2 is 1.70 bits per heavy atom. The van der Waals surface area contributed by atoms with Crippen LogP contribution in [-0.4, -0.2) is 29.1 Å². The number of nitrogens with two attached hydrogens (primary N) is 1. The Kier molecular flexibility index (Phi) is 7.97. The van der Waals surface area contributed by atoms with Crippen molar-refractivity contribution in [3.05, 3.63) is 47.6 Å². The Balaban J connectivity index is 0.000000377. The molecule has 0 saturated carbocycles. The molecule has 0 saturated heterocycles. The Hall–Kier alpha value is -2.89. The third kappa shape index (κ3) is 7.09. The van der Waals surface area contributed by atoms with Gasteiger partial charge in [0.25, 0.3) is 0 Å². The van der Waals surface area contributed by atoms with E-state index in [9.17, 15) is 9.90 Å². The summed E-state index contributed by atoms with van der Waals surface area (Å²) < 4.78 is 4.90. The predicted octanol–water partition coefficient (Wildman–Crippen LogP) is 3.92. The van der Waals surface area contributed by atoms with Crippen molar-refractivity contribution >= 4 is 23.1 Å². The van der Waals surface area contributed by atoms with Crippen molar-refractivity contribution in [2.24, 2.45) is 0 Å². The number of benzene rings is 1. The summed E-state index contributed by atoms with van der Waals surface area (Å²) in [6.07, 6.45) is 7.58. The predicted molar refractivity (Wildman–Crippen MR) is 110 cm³/mol. The highest BCUT2D eigenvalue weighted by Gasteiger charge is 2.20. The first-order chi connectivity index (χ1) is 12.6. The standard InChI is InChI=1S/C15H23NO3.C6H6N2/c1-5-19-13(17)7-6-10-8-11(15(2,3)4)14(18)12(16)9-10;7-5-3-1-2-4-6(5)8/h8-9,18H,5-7,16H2,1-4H3;1-4,7-8H. The van der Waals surface area contributed by atoms with E-state index in [4.69, 9.17) is 21.3 Å². The molecule has 0 radical (unpaired) electrons. The Morgan fingerprint density at radius 1 is 1.15 bits per heavy atom. The largest absolute Gasteiger partial charge is 0.505 e. The average Bonchev–Trinajstić information content (AvgIpc) is 2.58. The molecular formula is C21H29N3O3. The first-order valence-electron chi connectivity index (χ1n) is 8.86. The van der Waals surface area contributed by atoms with Gasteiger partial charge in [-0.05, 0) is 42.5 Å². The summed E-state index contributed by atoms with van der Waals surface area (Å²) in [7, 11) is 0. The summed E-state index contributed by atoms with van der Waals surface area (Å²) in [5.74, 6) is -0.0844. The van der Waals surface area contributed by atoms with Crippen LogP contribution in [-0.2, 0) is 21.4 Å². The number of allylic oxidation sites excluding steroid dienone is 4. The lowest BCUT2D eigenvalue weighted by Crippen LogP contribution is -2.13. The van der Waals surface area contributed by atoms with E-state index in [-0.39, 0.29) is 28.6 Å². The van der Waals surface area contributed by atoms with E-state index in [1.165, 1.54) is 0 Å². The second kappa shape index (κ2) is 9.71. The normalized spacial score (nSPS) is 13.2. The molecule has 2 rings (SSSR count). The topological polar surface area (TPSA) is 120 Å². The Labute approximate surface area is 160 Å². The van der Waals surface area contributed by atoms with Crippen LogP contribution in [0.25, 0.3) is 0 Å². The van der Waals surface area contributed by atoms with Crippen LogP contribution < -0.4 is 5.73 Å². The maximum absolute atomic E-state index is 11.3. The van der Waals surface area contributed by atoms with Crippen LogP contribution in [0.1, 0.15) is 45.2 Å². The highest BCUT2D eigenvalue weighted by Crippen LogP contribution is 2.36. The fourth-order valence-corrected chi connectivity index (χ4v) is 2.40. The number of phenols is 1. The van der Waals surface area contributed by atoms with E-state index in [1.807, 2.05) is 26.8 Å². The lowest BCUT2D eigenvalue weighted by atomic mass is 9.84. The van der Waals surface area contributed by atoms with E-state index in [1.54, 1.807) is 37.3 Å². The molecule has 0 aliphatic heterocycles. The number of phenolic OH excluding ortho intramolecular Hbond substituents is 1. The lowest BCUT2D eigenvalue weighted by Gasteiger charge is -2.22. The molecule has 1 aliphatic rings. The summed E-state index contributed by atoms with van der Waals surface area (Å²) in [6.45, 7) is 8.21. The van der Waals surface area contributed by atoms with Crippen LogP contribution in [0.15, 0.2) is 36.4 Å². The van der Waals surface area contributed by atoms with E-state index in [2.05, 4.69) is 0 Å². The monoisotopic (exact) mass is 371 g/mol. The minimum absolute atomic E-state index is 0.132. The summed E-state index contributed by atoms with van der Waals surface area (Å²) in [4.78, 5) is 11.3. The van der Waals surface area contributed by atoms with Crippen LogP contribution in [0.5, 0.6) is 5.75 Å². The number of carbonyl (C=O) groups excluding carboxylic acids is 1. The van der Waals surface area contributed by atoms with Crippen LogP contribution in [0, 0.1) is 10.8 Å². The fourth-order valence-electron chi connectivity index (χ4n) is 2.40. The third-order valence-electron chi connectivity index (χ3n) is 3.86. The molecule has 146 valence electrons. The van der Waals surface area contributed by atoms with Gasteiger partial charge in [0.1, 0.15) is 5.75 Å². The van der Waals surface area contributed by atoms with Gasteiger partial charge in [0, 0.05) is 12.0 Å². The van der Waals surface area contributed by atoms with Gasteiger partial charge >= 0.3 is 5.97 Å². The minimum atomic E-state index is -0.216. The zero-order valence-electron chi connectivity index (χ0n) is 16.4. The highest BCUT2D eigenvalue weighted by atomic mass is 16.5. The van der Waals surface area contributed by atoms with Crippen molar-refractivity contribution in [2.75, 3.05) is 12.3 Å². The minimum Gasteiger partial charge on any atom is -0.505 e. The van der Waals surface area contributed by atoms with Crippen LogP contribution >= 0.6 is 0 Å². The van der Waals surface area contributed by atoms with E-state index >= 15 is 0 Å². The van der Waals surface area contributed by atoms with Gasteiger partial charge in [0.15, 0.2) is 0 Å². The van der Waals surface area contributed by atoms with Gasteiger partial charge in [-0.2, -0.15) is 0 Å². The number of nitrogen functional groups attached to an aromatic ring is 1. The molecule has 0 amide bonds. The number of hydrogen-bond acceptors (Lipinski definition) is 6. The molecule has 0 spiro atoms. The first kappa shape index (κ1) is 22.2. The molecule has 0 unspecified atom stereocenters. The molecule has 0 bridgehead atoms. The van der Waals surface area contributed by atoms with Crippen molar-refractivity contribution in [2.45, 2.75) is 46.0 Å². The van der Waals surface area contributed by atoms with Gasteiger partial charge in [0.2, 0.25) is 0 Å². The van der Waals surface area contributed by atoms with Gasteiger partial charge in [-0.3, -0.25) is 15.6 Å². The van der Waals surface area contributed by atoms with Gasteiger partial charge in [0.05, 0.1) is 23.7 Å². The SMILES string of the molecule is CCOC(=O)CCc1cc(N)c(O)c(C(C)(C)C)c1.N=C1C=CC=CC1=N.